The van der Waals surface area contributed by atoms with Gasteiger partial charge in [0.05, 0.1) is 29.6 Å². The van der Waals surface area contributed by atoms with Gasteiger partial charge in [-0.05, 0) is 35.6 Å². The van der Waals surface area contributed by atoms with Crippen LogP contribution in [0.25, 0.3) is 10.6 Å². The molecule has 30 heavy (non-hydrogen) atoms. The standard InChI is InChI=1S/C20H23FN4OS.3ClH/c1-26-20-16(21)4-2-5-17(20)25-11-9-24(10-12-25)8-7-15-14-22-23-19(15)18-6-3-13-27-18;;;/h2-6,13-14H,7-12H2,1H3,(H,22,23);3*1H. The van der Waals surface area contributed by atoms with Crippen molar-refractivity contribution in [2.75, 3.05) is 44.7 Å². The van der Waals surface area contributed by atoms with E-state index in [9.17, 15) is 4.39 Å². The predicted molar refractivity (Wildman–Crippen MR) is 129 cm³/mol. The number of piperazine rings is 1. The molecule has 0 saturated carbocycles. The molecule has 3 heterocycles. The minimum absolute atomic E-state index is 0. The van der Waals surface area contributed by atoms with Crippen LogP contribution < -0.4 is 9.64 Å². The Hall–Kier alpha value is -1.51. The van der Waals surface area contributed by atoms with Crippen molar-refractivity contribution in [1.29, 1.82) is 0 Å². The summed E-state index contributed by atoms with van der Waals surface area (Å²) in [6.45, 7) is 4.62. The predicted octanol–water partition coefficient (Wildman–Crippen LogP) is 4.92. The number of methoxy groups -OCH3 is 1. The fourth-order valence-corrected chi connectivity index (χ4v) is 4.33. The van der Waals surface area contributed by atoms with Gasteiger partial charge in [-0.3, -0.25) is 10.00 Å². The minimum atomic E-state index is -0.307. The zero-order valence-electron chi connectivity index (χ0n) is 16.5. The average molecular weight is 496 g/mol. The first-order chi connectivity index (χ1) is 13.3. The molecular formula is C20H26Cl3FN4OS. The van der Waals surface area contributed by atoms with Crippen LogP contribution in [0.1, 0.15) is 5.56 Å². The van der Waals surface area contributed by atoms with E-state index in [1.807, 2.05) is 12.3 Å². The van der Waals surface area contributed by atoms with Gasteiger partial charge in [-0.25, -0.2) is 4.39 Å². The highest BCUT2D eigenvalue weighted by Crippen LogP contribution is 2.31. The Labute approximate surface area is 198 Å². The highest BCUT2D eigenvalue weighted by Gasteiger charge is 2.21. The van der Waals surface area contributed by atoms with Gasteiger partial charge < -0.3 is 9.64 Å². The summed E-state index contributed by atoms with van der Waals surface area (Å²) in [5.41, 5.74) is 3.23. The molecule has 0 amide bonds. The largest absolute Gasteiger partial charge is 0.492 e. The molecule has 2 aromatic heterocycles. The third kappa shape index (κ3) is 5.80. The van der Waals surface area contributed by atoms with E-state index in [0.29, 0.717) is 5.75 Å². The highest BCUT2D eigenvalue weighted by atomic mass is 35.5. The number of rotatable bonds is 6. The van der Waals surface area contributed by atoms with Gasteiger partial charge in [0.25, 0.3) is 0 Å². The van der Waals surface area contributed by atoms with Crippen LogP contribution in [0, 0.1) is 5.82 Å². The lowest BCUT2D eigenvalue weighted by Crippen LogP contribution is -2.47. The first-order valence-corrected chi connectivity index (χ1v) is 10.00. The third-order valence-corrected chi connectivity index (χ3v) is 5.93. The molecule has 0 radical (unpaired) electrons. The maximum absolute atomic E-state index is 13.9. The fourth-order valence-electron chi connectivity index (χ4n) is 3.57. The summed E-state index contributed by atoms with van der Waals surface area (Å²) >= 11 is 1.72. The summed E-state index contributed by atoms with van der Waals surface area (Å²) in [5.74, 6) is 0.0310. The van der Waals surface area contributed by atoms with Crippen molar-refractivity contribution in [2.45, 2.75) is 6.42 Å². The van der Waals surface area contributed by atoms with Crippen LogP contribution in [0.4, 0.5) is 10.1 Å². The SMILES string of the molecule is COc1c(F)cccc1N1CCN(CCc2cn[nH]c2-c2cccs2)CC1.Cl.Cl.Cl. The summed E-state index contributed by atoms with van der Waals surface area (Å²) in [5, 5.41) is 9.44. The van der Waals surface area contributed by atoms with Gasteiger partial charge in [0.2, 0.25) is 0 Å². The van der Waals surface area contributed by atoms with E-state index in [1.165, 1.54) is 23.6 Å². The summed E-state index contributed by atoms with van der Waals surface area (Å²) in [6, 6.07) is 9.28. The Balaban J connectivity index is 0.00000150. The number of hydrogen-bond donors (Lipinski definition) is 1. The maximum atomic E-state index is 13.9. The van der Waals surface area contributed by atoms with Gasteiger partial charge in [-0.1, -0.05) is 12.1 Å². The van der Waals surface area contributed by atoms with E-state index in [-0.39, 0.29) is 43.0 Å². The number of halogens is 4. The number of hydrogen-bond acceptors (Lipinski definition) is 5. The second-order valence-corrected chi connectivity index (χ2v) is 7.57. The monoisotopic (exact) mass is 494 g/mol. The lowest BCUT2D eigenvalue weighted by molar-refractivity contribution is 0.260. The number of ether oxygens (including phenoxy) is 1. The molecule has 10 heteroatoms. The highest BCUT2D eigenvalue weighted by molar-refractivity contribution is 7.13. The lowest BCUT2D eigenvalue weighted by atomic mass is 10.1. The molecule has 0 bridgehead atoms. The molecule has 0 spiro atoms. The van der Waals surface area contributed by atoms with Crippen molar-refractivity contribution >= 4 is 54.2 Å². The Morgan fingerprint density at radius 2 is 1.87 bits per heavy atom. The van der Waals surface area contributed by atoms with Gasteiger partial charge in [0.1, 0.15) is 0 Å². The summed E-state index contributed by atoms with van der Waals surface area (Å²) in [7, 11) is 1.52. The Bertz CT molecular complexity index is 886. The summed E-state index contributed by atoms with van der Waals surface area (Å²) in [6.07, 6.45) is 2.90. The first-order valence-electron chi connectivity index (χ1n) is 9.12. The Morgan fingerprint density at radius 1 is 1.10 bits per heavy atom. The molecule has 1 fully saturated rings. The second kappa shape index (κ2) is 12.4. The van der Waals surface area contributed by atoms with E-state index in [1.54, 1.807) is 17.4 Å². The van der Waals surface area contributed by atoms with Crippen LogP contribution in [0.5, 0.6) is 5.75 Å². The topological polar surface area (TPSA) is 44.4 Å². The average Bonchev–Trinajstić information content (AvgIpc) is 3.38. The van der Waals surface area contributed by atoms with Crippen LogP contribution in [0.3, 0.4) is 0 Å². The molecule has 1 aliphatic heterocycles. The summed E-state index contributed by atoms with van der Waals surface area (Å²) < 4.78 is 19.2. The quantitative estimate of drug-likeness (QED) is 0.527. The number of H-pyrrole nitrogens is 1. The molecular weight excluding hydrogens is 470 g/mol. The molecule has 1 N–H and O–H groups in total. The Morgan fingerprint density at radius 3 is 2.53 bits per heavy atom. The van der Waals surface area contributed by atoms with Crippen LogP contribution >= 0.6 is 48.6 Å². The molecule has 0 atom stereocenters. The lowest BCUT2D eigenvalue weighted by Gasteiger charge is -2.36. The smallest absolute Gasteiger partial charge is 0.177 e. The molecule has 0 aliphatic carbocycles. The molecule has 1 aromatic carbocycles. The number of para-hydroxylation sites is 1. The van der Waals surface area contributed by atoms with Crippen LogP contribution in [0.15, 0.2) is 41.9 Å². The van der Waals surface area contributed by atoms with Crippen molar-refractivity contribution in [3.05, 3.63) is 53.3 Å². The first kappa shape index (κ1) is 26.5. The fraction of sp³-hybridized carbons (Fsp3) is 0.350. The van der Waals surface area contributed by atoms with Gasteiger partial charge in [0, 0.05) is 32.7 Å². The number of nitrogens with one attached hydrogen (secondary N) is 1. The minimum Gasteiger partial charge on any atom is -0.492 e. The van der Waals surface area contributed by atoms with Crippen molar-refractivity contribution < 1.29 is 9.13 Å². The van der Waals surface area contributed by atoms with Crippen LogP contribution in [-0.2, 0) is 6.42 Å². The van der Waals surface area contributed by atoms with Crippen molar-refractivity contribution in [3.63, 3.8) is 0 Å². The van der Waals surface area contributed by atoms with Gasteiger partial charge in [0.15, 0.2) is 11.6 Å². The normalized spacial score (nSPS) is 13.7. The zero-order chi connectivity index (χ0) is 18.6. The van der Waals surface area contributed by atoms with E-state index in [4.69, 9.17) is 4.74 Å². The second-order valence-electron chi connectivity index (χ2n) is 6.62. The van der Waals surface area contributed by atoms with E-state index >= 15 is 0 Å². The summed E-state index contributed by atoms with van der Waals surface area (Å²) in [4.78, 5) is 5.88. The van der Waals surface area contributed by atoms with Crippen molar-refractivity contribution in [2.24, 2.45) is 0 Å². The van der Waals surface area contributed by atoms with E-state index < -0.39 is 0 Å². The number of aromatic nitrogens is 2. The van der Waals surface area contributed by atoms with Crippen molar-refractivity contribution in [3.8, 4) is 16.3 Å². The molecule has 4 rings (SSSR count). The number of aromatic amines is 1. The molecule has 0 unspecified atom stereocenters. The van der Waals surface area contributed by atoms with E-state index in [2.05, 4.69) is 37.5 Å². The zero-order valence-corrected chi connectivity index (χ0v) is 19.8. The van der Waals surface area contributed by atoms with Crippen LogP contribution in [0.2, 0.25) is 0 Å². The molecule has 166 valence electrons. The number of thiophene rings is 1. The molecule has 3 aromatic rings. The maximum Gasteiger partial charge on any atom is 0.177 e. The van der Waals surface area contributed by atoms with Crippen molar-refractivity contribution in [1.82, 2.24) is 15.1 Å². The molecule has 1 saturated heterocycles. The number of anilines is 1. The van der Waals surface area contributed by atoms with E-state index in [0.717, 1.165) is 50.5 Å². The van der Waals surface area contributed by atoms with Gasteiger partial charge >= 0.3 is 0 Å². The van der Waals surface area contributed by atoms with Gasteiger partial charge in [-0.15, -0.1) is 48.6 Å². The number of benzene rings is 1. The van der Waals surface area contributed by atoms with Gasteiger partial charge in [-0.2, -0.15) is 5.10 Å². The molecule has 1 aliphatic rings. The third-order valence-electron chi connectivity index (χ3n) is 5.05. The van der Waals surface area contributed by atoms with Crippen LogP contribution in [-0.4, -0.2) is 54.9 Å². The molecule has 5 nitrogen and oxygen atoms in total. The Kier molecular flexibility index (Phi) is 10.9. The number of nitrogens with zero attached hydrogens (tertiary/aromatic N) is 3.